The number of aromatic carboxylic acids is 1. The zero-order chi connectivity index (χ0) is 13.8. The van der Waals surface area contributed by atoms with Crippen molar-refractivity contribution in [3.63, 3.8) is 0 Å². The molecule has 0 aliphatic heterocycles. The van der Waals surface area contributed by atoms with E-state index >= 15 is 0 Å². The highest BCUT2D eigenvalue weighted by Crippen LogP contribution is 2.34. The van der Waals surface area contributed by atoms with Crippen molar-refractivity contribution in [2.24, 2.45) is 0 Å². The molecule has 3 heteroatoms. The second kappa shape index (κ2) is 5.89. The lowest BCUT2D eigenvalue weighted by molar-refractivity contribution is 0.0692. The average molecular weight is 250 g/mol. The van der Waals surface area contributed by atoms with E-state index in [1.807, 2.05) is 6.07 Å². The van der Waals surface area contributed by atoms with Crippen LogP contribution in [0.1, 0.15) is 56.5 Å². The van der Waals surface area contributed by atoms with E-state index in [-0.39, 0.29) is 11.0 Å². The van der Waals surface area contributed by atoms with Crippen LogP contribution in [0.3, 0.4) is 0 Å². The number of carboxylic acid groups (broad SMARTS) is 1. The minimum Gasteiger partial charge on any atom is -0.492 e. The maximum Gasteiger partial charge on any atom is 0.339 e. The van der Waals surface area contributed by atoms with Crippen molar-refractivity contribution >= 4 is 5.97 Å². The van der Waals surface area contributed by atoms with Crippen LogP contribution in [0.2, 0.25) is 0 Å². The lowest BCUT2D eigenvalue weighted by Crippen LogP contribution is -2.16. The SMILES string of the molecule is CCCCOc1c(C(=O)O)cccc1C(C)(C)C. The molecule has 18 heavy (non-hydrogen) atoms. The molecule has 0 saturated heterocycles. The summed E-state index contributed by atoms with van der Waals surface area (Å²) >= 11 is 0. The van der Waals surface area contributed by atoms with Crippen LogP contribution >= 0.6 is 0 Å². The minimum atomic E-state index is -0.937. The molecule has 0 radical (unpaired) electrons. The van der Waals surface area contributed by atoms with Crippen LogP contribution < -0.4 is 4.74 Å². The van der Waals surface area contributed by atoms with Gasteiger partial charge < -0.3 is 9.84 Å². The van der Waals surface area contributed by atoms with Gasteiger partial charge in [-0.2, -0.15) is 0 Å². The molecule has 100 valence electrons. The Morgan fingerprint density at radius 2 is 2.00 bits per heavy atom. The Balaban J connectivity index is 3.17. The van der Waals surface area contributed by atoms with Gasteiger partial charge in [-0.05, 0) is 17.9 Å². The van der Waals surface area contributed by atoms with Crippen molar-refractivity contribution in [3.8, 4) is 5.75 Å². The Kier molecular flexibility index (Phi) is 4.76. The molecule has 0 spiro atoms. The van der Waals surface area contributed by atoms with Crippen LogP contribution in [0, 0.1) is 0 Å². The van der Waals surface area contributed by atoms with E-state index in [0.29, 0.717) is 12.4 Å². The van der Waals surface area contributed by atoms with Crippen molar-refractivity contribution in [1.82, 2.24) is 0 Å². The van der Waals surface area contributed by atoms with Crippen LogP contribution in [0.25, 0.3) is 0 Å². The molecule has 0 aliphatic carbocycles. The van der Waals surface area contributed by atoms with Gasteiger partial charge in [-0.1, -0.05) is 46.2 Å². The first-order valence-corrected chi connectivity index (χ1v) is 6.37. The molecule has 0 atom stereocenters. The molecule has 1 N–H and O–H groups in total. The van der Waals surface area contributed by atoms with Gasteiger partial charge in [-0.15, -0.1) is 0 Å². The zero-order valence-electron chi connectivity index (χ0n) is 11.6. The van der Waals surface area contributed by atoms with Crippen molar-refractivity contribution in [2.45, 2.75) is 46.0 Å². The molecule has 0 bridgehead atoms. The summed E-state index contributed by atoms with van der Waals surface area (Å²) in [6.07, 6.45) is 1.96. The second-order valence-electron chi connectivity index (χ2n) is 5.44. The molecule has 0 fully saturated rings. The molecule has 0 aliphatic rings. The first kappa shape index (κ1) is 14.6. The predicted molar refractivity (Wildman–Crippen MR) is 72.5 cm³/mol. The van der Waals surface area contributed by atoms with E-state index in [1.54, 1.807) is 12.1 Å². The highest BCUT2D eigenvalue weighted by atomic mass is 16.5. The highest BCUT2D eigenvalue weighted by molar-refractivity contribution is 5.91. The van der Waals surface area contributed by atoms with Gasteiger partial charge in [-0.25, -0.2) is 4.79 Å². The van der Waals surface area contributed by atoms with Gasteiger partial charge >= 0.3 is 5.97 Å². The first-order chi connectivity index (χ1) is 8.38. The Labute approximate surface area is 109 Å². The Bertz CT molecular complexity index is 416. The topological polar surface area (TPSA) is 46.5 Å². The summed E-state index contributed by atoms with van der Waals surface area (Å²) in [6, 6.07) is 5.31. The van der Waals surface area contributed by atoms with Gasteiger partial charge in [0.1, 0.15) is 11.3 Å². The van der Waals surface area contributed by atoms with Crippen LogP contribution in [0.5, 0.6) is 5.75 Å². The molecule has 1 aromatic rings. The maximum absolute atomic E-state index is 11.3. The fourth-order valence-electron chi connectivity index (χ4n) is 1.77. The normalized spacial score (nSPS) is 11.3. The fraction of sp³-hybridized carbons (Fsp3) is 0.533. The molecule has 0 aromatic heterocycles. The van der Waals surface area contributed by atoms with E-state index in [1.165, 1.54) is 0 Å². The van der Waals surface area contributed by atoms with E-state index in [4.69, 9.17) is 4.74 Å². The van der Waals surface area contributed by atoms with Crippen LogP contribution in [-0.4, -0.2) is 17.7 Å². The maximum atomic E-state index is 11.3. The molecule has 0 amide bonds. The lowest BCUT2D eigenvalue weighted by Gasteiger charge is -2.24. The van der Waals surface area contributed by atoms with Crippen LogP contribution in [0.4, 0.5) is 0 Å². The summed E-state index contributed by atoms with van der Waals surface area (Å²) in [6.45, 7) is 8.81. The molecule has 1 aromatic carbocycles. The number of hydrogen-bond acceptors (Lipinski definition) is 2. The number of rotatable bonds is 5. The zero-order valence-corrected chi connectivity index (χ0v) is 11.6. The third-order valence-electron chi connectivity index (χ3n) is 2.80. The standard InChI is InChI=1S/C15H22O3/c1-5-6-10-18-13-11(14(16)17)8-7-9-12(13)15(2,3)4/h7-9H,5-6,10H2,1-4H3,(H,16,17). The number of hydrogen-bond donors (Lipinski definition) is 1. The van der Waals surface area contributed by atoms with Crippen molar-refractivity contribution in [1.29, 1.82) is 0 Å². The van der Waals surface area contributed by atoms with Crippen molar-refractivity contribution in [2.75, 3.05) is 6.61 Å². The smallest absolute Gasteiger partial charge is 0.339 e. The molecule has 0 unspecified atom stereocenters. The summed E-state index contributed by atoms with van der Waals surface area (Å²) in [7, 11) is 0. The summed E-state index contributed by atoms with van der Waals surface area (Å²) in [5.41, 5.74) is 1.06. The third-order valence-corrected chi connectivity index (χ3v) is 2.80. The molecule has 0 saturated carbocycles. The van der Waals surface area contributed by atoms with Gasteiger partial charge in [0, 0.05) is 5.56 Å². The van der Waals surface area contributed by atoms with Gasteiger partial charge in [0.15, 0.2) is 0 Å². The van der Waals surface area contributed by atoms with Crippen LogP contribution in [-0.2, 0) is 5.41 Å². The number of ether oxygens (including phenoxy) is 1. The van der Waals surface area contributed by atoms with Gasteiger partial charge in [0.05, 0.1) is 6.61 Å². The number of carboxylic acids is 1. The second-order valence-corrected chi connectivity index (χ2v) is 5.44. The average Bonchev–Trinajstić information content (AvgIpc) is 2.27. The largest absolute Gasteiger partial charge is 0.492 e. The Hall–Kier alpha value is -1.51. The molecule has 0 heterocycles. The van der Waals surface area contributed by atoms with Gasteiger partial charge in [-0.3, -0.25) is 0 Å². The Morgan fingerprint density at radius 1 is 1.33 bits per heavy atom. The molecular weight excluding hydrogens is 228 g/mol. The summed E-state index contributed by atoms with van der Waals surface area (Å²) < 4.78 is 5.72. The molecular formula is C15H22O3. The van der Waals surface area contributed by atoms with Gasteiger partial charge in [0.25, 0.3) is 0 Å². The van der Waals surface area contributed by atoms with E-state index in [9.17, 15) is 9.90 Å². The van der Waals surface area contributed by atoms with Crippen molar-refractivity contribution < 1.29 is 14.6 Å². The van der Waals surface area contributed by atoms with E-state index in [0.717, 1.165) is 18.4 Å². The van der Waals surface area contributed by atoms with Gasteiger partial charge in [0.2, 0.25) is 0 Å². The Morgan fingerprint density at radius 3 is 2.50 bits per heavy atom. The predicted octanol–water partition coefficient (Wildman–Crippen LogP) is 3.86. The molecule has 3 nitrogen and oxygen atoms in total. The minimum absolute atomic E-state index is 0.132. The number of unbranched alkanes of at least 4 members (excludes halogenated alkanes) is 1. The molecule has 1 rings (SSSR count). The first-order valence-electron chi connectivity index (χ1n) is 6.37. The van der Waals surface area contributed by atoms with Crippen molar-refractivity contribution in [3.05, 3.63) is 29.3 Å². The quantitative estimate of drug-likeness (QED) is 0.807. The fourth-order valence-corrected chi connectivity index (χ4v) is 1.77. The van der Waals surface area contributed by atoms with E-state index in [2.05, 4.69) is 27.7 Å². The third kappa shape index (κ3) is 3.49. The number of benzene rings is 1. The van der Waals surface area contributed by atoms with E-state index < -0.39 is 5.97 Å². The number of carbonyl (C=O) groups is 1. The monoisotopic (exact) mass is 250 g/mol. The van der Waals surface area contributed by atoms with Crippen LogP contribution in [0.15, 0.2) is 18.2 Å². The summed E-state index contributed by atoms with van der Waals surface area (Å²) in [4.78, 5) is 11.3. The highest BCUT2D eigenvalue weighted by Gasteiger charge is 2.23. The lowest BCUT2D eigenvalue weighted by atomic mass is 9.85. The number of para-hydroxylation sites is 1. The summed E-state index contributed by atoms with van der Waals surface area (Å²) in [5.74, 6) is -0.418. The summed E-state index contributed by atoms with van der Waals surface area (Å²) in [5, 5.41) is 9.23.